The summed E-state index contributed by atoms with van der Waals surface area (Å²) in [5, 5.41) is 13.6. The number of hydrogen-bond donors (Lipinski definition) is 2. The monoisotopic (exact) mass is 266 g/mol. The fraction of sp³-hybridized carbons (Fsp3) is 1.00. The largest absolute Gasteiger partial charge is 0.394 e. The van der Waals surface area contributed by atoms with Gasteiger partial charge in [0, 0.05) is 23.7 Å². The van der Waals surface area contributed by atoms with E-state index in [-0.39, 0.29) is 5.54 Å². The second-order valence-electron chi connectivity index (χ2n) is 7.35. The van der Waals surface area contributed by atoms with Gasteiger partial charge in [-0.2, -0.15) is 0 Å². The minimum atomic E-state index is 0.0340. The molecule has 0 aromatic heterocycles. The maximum atomic E-state index is 9.85. The molecule has 3 fully saturated rings. The van der Waals surface area contributed by atoms with Crippen molar-refractivity contribution in [2.45, 2.75) is 82.5 Å². The molecule has 3 aliphatic rings. The van der Waals surface area contributed by atoms with E-state index < -0.39 is 0 Å². The van der Waals surface area contributed by atoms with Crippen LogP contribution in [-0.4, -0.2) is 46.8 Å². The van der Waals surface area contributed by atoms with Crippen LogP contribution in [0, 0.1) is 5.92 Å². The van der Waals surface area contributed by atoms with E-state index in [0.29, 0.717) is 24.7 Å². The zero-order valence-corrected chi connectivity index (χ0v) is 12.6. The smallest absolute Gasteiger partial charge is 0.0614 e. The van der Waals surface area contributed by atoms with E-state index in [0.717, 1.165) is 18.8 Å². The number of nitrogens with zero attached hydrogens (tertiary/aromatic N) is 1. The summed E-state index contributed by atoms with van der Waals surface area (Å²) in [7, 11) is 0. The second kappa shape index (κ2) is 5.34. The van der Waals surface area contributed by atoms with Crippen molar-refractivity contribution in [3.8, 4) is 0 Å². The maximum Gasteiger partial charge on any atom is 0.0614 e. The van der Waals surface area contributed by atoms with Crippen LogP contribution in [0.3, 0.4) is 0 Å². The molecular weight excluding hydrogens is 236 g/mol. The molecule has 3 rings (SSSR count). The van der Waals surface area contributed by atoms with Gasteiger partial charge < -0.3 is 10.4 Å². The molecule has 1 saturated heterocycles. The zero-order chi connectivity index (χ0) is 13.5. The fourth-order valence-electron chi connectivity index (χ4n) is 4.24. The summed E-state index contributed by atoms with van der Waals surface area (Å²) in [5.41, 5.74) is 0.0340. The average Bonchev–Trinajstić information content (AvgIpc) is 3.11. The normalized spacial score (nSPS) is 44.7. The third kappa shape index (κ3) is 2.84. The molecule has 2 saturated carbocycles. The van der Waals surface area contributed by atoms with E-state index >= 15 is 0 Å². The van der Waals surface area contributed by atoms with Crippen molar-refractivity contribution in [2.75, 3.05) is 13.2 Å². The molecule has 0 aromatic carbocycles. The zero-order valence-electron chi connectivity index (χ0n) is 12.6. The Labute approximate surface area is 117 Å². The number of likely N-dealkylation sites (tertiary alicyclic amines) is 1. The summed E-state index contributed by atoms with van der Waals surface area (Å²) >= 11 is 0. The quantitative estimate of drug-likeness (QED) is 0.818. The molecule has 1 heterocycles. The molecule has 3 nitrogen and oxygen atoms in total. The molecule has 110 valence electrons. The Morgan fingerprint density at radius 3 is 2.68 bits per heavy atom. The van der Waals surface area contributed by atoms with Crippen molar-refractivity contribution in [1.29, 1.82) is 0 Å². The Morgan fingerprint density at radius 1 is 1.21 bits per heavy atom. The van der Waals surface area contributed by atoms with Crippen LogP contribution in [0.15, 0.2) is 0 Å². The first-order chi connectivity index (χ1) is 9.13. The number of piperidine rings is 1. The molecule has 3 heteroatoms. The van der Waals surface area contributed by atoms with E-state index in [2.05, 4.69) is 24.1 Å². The van der Waals surface area contributed by atoms with E-state index in [4.69, 9.17) is 0 Å². The summed E-state index contributed by atoms with van der Waals surface area (Å²) < 4.78 is 0. The van der Waals surface area contributed by atoms with Crippen molar-refractivity contribution in [3.63, 3.8) is 0 Å². The van der Waals surface area contributed by atoms with Gasteiger partial charge in [-0.3, -0.25) is 4.90 Å². The molecular formula is C16H30N2O. The first-order valence-corrected chi connectivity index (χ1v) is 8.28. The Morgan fingerprint density at radius 2 is 2.00 bits per heavy atom. The number of rotatable bonds is 4. The summed E-state index contributed by atoms with van der Waals surface area (Å²) in [6.45, 7) is 6.38. The summed E-state index contributed by atoms with van der Waals surface area (Å²) in [6, 6.07) is 2.11. The van der Waals surface area contributed by atoms with Gasteiger partial charge in [0.1, 0.15) is 0 Å². The molecule has 4 atom stereocenters. The Hall–Kier alpha value is -0.120. The molecule has 0 spiro atoms. The first-order valence-electron chi connectivity index (χ1n) is 8.28. The van der Waals surface area contributed by atoms with E-state index in [1.54, 1.807) is 0 Å². The van der Waals surface area contributed by atoms with Gasteiger partial charge in [0.05, 0.1) is 6.61 Å². The molecule has 19 heavy (non-hydrogen) atoms. The van der Waals surface area contributed by atoms with E-state index in [1.165, 1.54) is 38.6 Å². The van der Waals surface area contributed by atoms with E-state index in [1.807, 2.05) is 0 Å². The van der Waals surface area contributed by atoms with Crippen molar-refractivity contribution < 1.29 is 5.11 Å². The van der Waals surface area contributed by atoms with Crippen LogP contribution in [0.2, 0.25) is 0 Å². The summed E-state index contributed by atoms with van der Waals surface area (Å²) in [4.78, 5) is 2.74. The molecule has 0 radical (unpaired) electrons. The lowest BCUT2D eigenvalue weighted by Crippen LogP contribution is -2.51. The minimum Gasteiger partial charge on any atom is -0.394 e. The molecule has 4 unspecified atom stereocenters. The van der Waals surface area contributed by atoms with Crippen molar-refractivity contribution in [1.82, 2.24) is 10.2 Å². The van der Waals surface area contributed by atoms with Gasteiger partial charge in [0.2, 0.25) is 0 Å². The topological polar surface area (TPSA) is 35.5 Å². The lowest BCUT2D eigenvalue weighted by Gasteiger charge is -2.42. The number of hydrogen-bond acceptors (Lipinski definition) is 3. The average molecular weight is 266 g/mol. The van der Waals surface area contributed by atoms with E-state index in [9.17, 15) is 5.11 Å². The number of aliphatic hydroxyl groups is 1. The number of nitrogens with one attached hydrogen (secondary N) is 1. The summed E-state index contributed by atoms with van der Waals surface area (Å²) in [5.74, 6) is 0.828. The standard InChI is InChI=1S/C16H30N2O/c1-12-4-3-9-18(13(12)2)15-7-8-16(10-15,11-19)17-14-5-6-14/h12-15,17,19H,3-11H2,1-2H3. The molecule has 2 aliphatic carbocycles. The highest BCUT2D eigenvalue weighted by Gasteiger charge is 2.45. The predicted octanol–water partition coefficient (Wildman–Crippen LogP) is 2.14. The fourth-order valence-corrected chi connectivity index (χ4v) is 4.24. The van der Waals surface area contributed by atoms with Gasteiger partial charge >= 0.3 is 0 Å². The molecule has 1 aliphatic heterocycles. The first kappa shape index (κ1) is 13.8. The van der Waals surface area contributed by atoms with Gasteiger partial charge in [-0.25, -0.2) is 0 Å². The molecule has 0 amide bonds. The van der Waals surface area contributed by atoms with Crippen molar-refractivity contribution in [3.05, 3.63) is 0 Å². The van der Waals surface area contributed by atoms with Gasteiger partial charge in [-0.1, -0.05) is 6.92 Å². The lowest BCUT2D eigenvalue weighted by atomic mass is 9.90. The minimum absolute atomic E-state index is 0.0340. The van der Waals surface area contributed by atoms with Crippen LogP contribution < -0.4 is 5.32 Å². The number of aliphatic hydroxyl groups excluding tert-OH is 1. The highest BCUT2D eigenvalue weighted by atomic mass is 16.3. The SMILES string of the molecule is CC1CCCN(C2CCC(CO)(NC3CC3)C2)C1C. The summed E-state index contributed by atoms with van der Waals surface area (Å²) in [6.07, 6.45) is 8.92. The van der Waals surface area contributed by atoms with Crippen LogP contribution in [0.1, 0.15) is 58.8 Å². The van der Waals surface area contributed by atoms with Crippen molar-refractivity contribution >= 4 is 0 Å². The third-order valence-electron chi connectivity index (χ3n) is 5.86. The Kier molecular flexibility index (Phi) is 3.89. The van der Waals surface area contributed by atoms with Crippen molar-refractivity contribution in [2.24, 2.45) is 5.92 Å². The second-order valence-corrected chi connectivity index (χ2v) is 7.35. The third-order valence-corrected chi connectivity index (χ3v) is 5.86. The lowest BCUT2D eigenvalue weighted by molar-refractivity contribution is 0.0621. The van der Waals surface area contributed by atoms with Crippen LogP contribution in [-0.2, 0) is 0 Å². The predicted molar refractivity (Wildman–Crippen MR) is 78.2 cm³/mol. The van der Waals surface area contributed by atoms with Crippen LogP contribution in [0.25, 0.3) is 0 Å². The molecule has 0 aromatic rings. The van der Waals surface area contributed by atoms with Gasteiger partial charge in [-0.15, -0.1) is 0 Å². The maximum absolute atomic E-state index is 9.85. The highest BCUT2D eigenvalue weighted by Crippen LogP contribution is 2.38. The molecule has 0 bridgehead atoms. The Bertz CT molecular complexity index is 318. The van der Waals surface area contributed by atoms with Gasteiger partial charge in [0.25, 0.3) is 0 Å². The molecule has 2 N–H and O–H groups in total. The van der Waals surface area contributed by atoms with Crippen LogP contribution >= 0.6 is 0 Å². The van der Waals surface area contributed by atoms with Gasteiger partial charge in [0.15, 0.2) is 0 Å². The van der Waals surface area contributed by atoms with Gasteiger partial charge in [-0.05, 0) is 64.3 Å². The Balaban J connectivity index is 1.63. The van der Waals surface area contributed by atoms with Crippen LogP contribution in [0.5, 0.6) is 0 Å². The highest BCUT2D eigenvalue weighted by molar-refractivity contribution is 5.04. The van der Waals surface area contributed by atoms with Crippen LogP contribution in [0.4, 0.5) is 0 Å².